The van der Waals surface area contributed by atoms with Crippen molar-refractivity contribution in [2.45, 2.75) is 13.8 Å². The number of aryl methyl sites for hydroxylation is 1. The fourth-order valence-corrected chi connectivity index (χ4v) is 3.61. The molecule has 154 valence electrons. The lowest BCUT2D eigenvalue weighted by molar-refractivity contribution is -0.112. The lowest BCUT2D eigenvalue weighted by Gasteiger charge is -2.28. The number of esters is 1. The minimum Gasteiger partial charge on any atom is -0.462 e. The second-order valence-corrected chi connectivity index (χ2v) is 7.23. The number of hydrogen-bond donors (Lipinski definition) is 0. The van der Waals surface area contributed by atoms with Crippen LogP contribution in [0.3, 0.4) is 0 Å². The maximum Gasteiger partial charge on any atom is 0.338 e. The second-order valence-electron chi connectivity index (χ2n) is 7.23. The average molecular weight is 411 g/mol. The predicted octanol–water partition coefficient (Wildman–Crippen LogP) is 4.90. The van der Waals surface area contributed by atoms with Gasteiger partial charge in [0.1, 0.15) is 0 Å². The first-order chi connectivity index (χ1) is 15.0. The maximum atomic E-state index is 13.5. The summed E-state index contributed by atoms with van der Waals surface area (Å²) >= 11 is 0. The largest absolute Gasteiger partial charge is 0.462 e. The van der Waals surface area contributed by atoms with Gasteiger partial charge in [0, 0.05) is 11.1 Å². The van der Waals surface area contributed by atoms with Gasteiger partial charge in [-0.3, -0.25) is 9.59 Å². The number of rotatable bonds is 4. The van der Waals surface area contributed by atoms with Gasteiger partial charge in [0.15, 0.2) is 0 Å². The Hall–Kier alpha value is -3.99. The molecule has 4 rings (SSSR count). The van der Waals surface area contributed by atoms with Crippen molar-refractivity contribution in [2.24, 2.45) is 0 Å². The van der Waals surface area contributed by atoms with Crippen molar-refractivity contribution in [1.29, 1.82) is 0 Å². The number of ether oxygens (including phenoxy) is 1. The summed E-state index contributed by atoms with van der Waals surface area (Å²) < 4.78 is 5.00. The molecule has 0 aromatic heterocycles. The normalized spacial score (nSPS) is 14.5. The van der Waals surface area contributed by atoms with Crippen LogP contribution in [0.15, 0.2) is 72.8 Å². The molecule has 0 bridgehead atoms. The fourth-order valence-electron chi connectivity index (χ4n) is 3.61. The first-order valence-electron chi connectivity index (χ1n) is 10.0. The molecule has 0 atom stereocenters. The van der Waals surface area contributed by atoms with Crippen molar-refractivity contribution in [3.63, 3.8) is 0 Å². The zero-order valence-electron chi connectivity index (χ0n) is 17.3. The fraction of sp³-hybridized carbons (Fsp3) is 0.115. The van der Waals surface area contributed by atoms with Crippen molar-refractivity contribution < 1.29 is 19.1 Å². The van der Waals surface area contributed by atoms with E-state index < -0.39 is 17.8 Å². The molecule has 1 aliphatic heterocycles. The molecule has 5 heteroatoms. The van der Waals surface area contributed by atoms with Crippen molar-refractivity contribution in [3.8, 4) is 0 Å². The number of carbonyl (C=O) groups excluding carboxylic acids is 3. The van der Waals surface area contributed by atoms with Crippen LogP contribution in [0, 0.1) is 6.92 Å². The molecule has 0 unspecified atom stereocenters. The van der Waals surface area contributed by atoms with Crippen LogP contribution in [0.2, 0.25) is 0 Å². The molecule has 3 aromatic rings. The van der Waals surface area contributed by atoms with Gasteiger partial charge in [-0.25, -0.2) is 9.69 Å². The number of benzene rings is 3. The quantitative estimate of drug-likeness (QED) is 0.348. The Morgan fingerprint density at radius 2 is 1.61 bits per heavy atom. The molecule has 0 radical (unpaired) electrons. The second kappa shape index (κ2) is 8.40. The number of anilines is 1. The third-order valence-corrected chi connectivity index (χ3v) is 5.07. The van der Waals surface area contributed by atoms with Crippen molar-refractivity contribution >= 4 is 35.1 Å². The maximum absolute atomic E-state index is 13.5. The van der Waals surface area contributed by atoms with Gasteiger partial charge >= 0.3 is 5.97 Å². The van der Waals surface area contributed by atoms with E-state index in [2.05, 4.69) is 0 Å². The molecular weight excluding hydrogens is 390 g/mol. The van der Waals surface area contributed by atoms with E-state index in [1.54, 1.807) is 55.5 Å². The van der Waals surface area contributed by atoms with E-state index >= 15 is 0 Å². The summed E-state index contributed by atoms with van der Waals surface area (Å²) in [6.07, 6.45) is 1.81. The Labute approximate surface area is 180 Å². The Morgan fingerprint density at radius 3 is 2.29 bits per heavy atom. The zero-order valence-corrected chi connectivity index (χ0v) is 17.3. The molecule has 0 N–H and O–H groups in total. The molecule has 0 aliphatic carbocycles. The van der Waals surface area contributed by atoms with Crippen LogP contribution in [0.1, 0.15) is 44.3 Å². The number of nitrogens with zero attached hydrogens (tertiary/aromatic N) is 1. The Balaban J connectivity index is 1.79. The zero-order chi connectivity index (χ0) is 22.0. The van der Waals surface area contributed by atoms with Gasteiger partial charge in [-0.2, -0.15) is 0 Å². The summed E-state index contributed by atoms with van der Waals surface area (Å²) in [7, 11) is 0. The van der Waals surface area contributed by atoms with Crippen molar-refractivity contribution in [1.82, 2.24) is 0 Å². The lowest BCUT2D eigenvalue weighted by atomic mass is 9.91. The molecule has 1 heterocycles. The number of amides is 2. The molecule has 3 aromatic carbocycles. The SMILES string of the molecule is CCOC(=O)c1ccc(N2C(=O)/C(=C\c3cccc(C)c3)c3ccccc3C2=O)cc1. The van der Waals surface area contributed by atoms with Crippen LogP contribution >= 0.6 is 0 Å². The van der Waals surface area contributed by atoms with Gasteiger partial charge in [0.2, 0.25) is 0 Å². The topological polar surface area (TPSA) is 63.7 Å². The summed E-state index contributed by atoms with van der Waals surface area (Å²) in [4.78, 5) is 39.7. The molecule has 2 amide bonds. The van der Waals surface area contributed by atoms with E-state index in [0.29, 0.717) is 28.0 Å². The smallest absolute Gasteiger partial charge is 0.338 e. The molecule has 31 heavy (non-hydrogen) atoms. The van der Waals surface area contributed by atoms with Gasteiger partial charge < -0.3 is 4.74 Å². The number of hydrogen-bond acceptors (Lipinski definition) is 4. The van der Waals surface area contributed by atoms with Crippen LogP contribution < -0.4 is 4.90 Å². The third-order valence-electron chi connectivity index (χ3n) is 5.07. The Morgan fingerprint density at radius 1 is 0.903 bits per heavy atom. The summed E-state index contributed by atoms with van der Waals surface area (Å²) in [5.41, 5.74) is 4.22. The Kier molecular flexibility index (Phi) is 5.50. The van der Waals surface area contributed by atoms with E-state index in [1.165, 1.54) is 0 Å². The standard InChI is InChI=1S/C26H21NO4/c1-3-31-26(30)19-11-13-20(14-12-19)27-24(28)22-10-5-4-9-21(22)23(25(27)29)16-18-8-6-7-17(2)15-18/h4-16H,3H2,1-2H3/b23-16-. The van der Waals surface area contributed by atoms with Gasteiger partial charge in [-0.1, -0.05) is 48.0 Å². The molecule has 1 aliphatic rings. The molecule has 5 nitrogen and oxygen atoms in total. The summed E-state index contributed by atoms with van der Waals surface area (Å²) in [6, 6.07) is 21.2. The molecule has 0 fully saturated rings. The van der Waals surface area contributed by atoms with Crippen LogP contribution in [0.5, 0.6) is 0 Å². The third kappa shape index (κ3) is 3.90. The first-order valence-corrected chi connectivity index (χ1v) is 10.0. The molecular formula is C26H21NO4. The van der Waals surface area contributed by atoms with Crippen LogP contribution in [0.4, 0.5) is 5.69 Å². The highest BCUT2D eigenvalue weighted by Crippen LogP contribution is 2.33. The minimum atomic E-state index is -0.448. The highest BCUT2D eigenvalue weighted by atomic mass is 16.5. The molecule has 0 saturated carbocycles. The summed E-state index contributed by atoms with van der Waals surface area (Å²) in [5.74, 6) is -1.25. The van der Waals surface area contributed by atoms with Crippen LogP contribution in [0.25, 0.3) is 11.6 Å². The van der Waals surface area contributed by atoms with E-state index in [0.717, 1.165) is 16.0 Å². The predicted molar refractivity (Wildman–Crippen MR) is 120 cm³/mol. The number of carbonyl (C=O) groups is 3. The van der Waals surface area contributed by atoms with Crippen LogP contribution in [-0.2, 0) is 9.53 Å². The molecule has 0 saturated heterocycles. The lowest BCUT2D eigenvalue weighted by Crippen LogP contribution is -2.41. The number of fused-ring (bicyclic) bond motifs is 1. The van der Waals surface area contributed by atoms with E-state index in [9.17, 15) is 14.4 Å². The first kappa shape index (κ1) is 20.3. The van der Waals surface area contributed by atoms with Crippen LogP contribution in [-0.4, -0.2) is 24.4 Å². The van der Waals surface area contributed by atoms with Crippen molar-refractivity contribution in [2.75, 3.05) is 11.5 Å². The van der Waals surface area contributed by atoms with Gasteiger partial charge in [0.25, 0.3) is 11.8 Å². The van der Waals surface area contributed by atoms with Gasteiger partial charge in [-0.05, 0) is 61.4 Å². The number of imide groups is 1. The van der Waals surface area contributed by atoms with Crippen molar-refractivity contribution in [3.05, 3.63) is 101 Å². The Bertz CT molecular complexity index is 1210. The summed E-state index contributed by atoms with van der Waals surface area (Å²) in [5, 5.41) is 0. The minimum absolute atomic E-state index is 0.271. The molecule has 0 spiro atoms. The van der Waals surface area contributed by atoms with E-state index in [1.807, 2.05) is 37.3 Å². The average Bonchev–Trinajstić information content (AvgIpc) is 2.77. The highest BCUT2D eigenvalue weighted by molar-refractivity contribution is 6.43. The van der Waals surface area contributed by atoms with Gasteiger partial charge in [-0.15, -0.1) is 0 Å². The monoisotopic (exact) mass is 411 g/mol. The highest BCUT2D eigenvalue weighted by Gasteiger charge is 2.35. The van der Waals surface area contributed by atoms with E-state index in [-0.39, 0.29) is 6.61 Å². The summed E-state index contributed by atoms with van der Waals surface area (Å²) in [6.45, 7) is 3.99. The van der Waals surface area contributed by atoms with Gasteiger partial charge in [0.05, 0.1) is 17.9 Å². The van der Waals surface area contributed by atoms with E-state index in [4.69, 9.17) is 4.74 Å².